The summed E-state index contributed by atoms with van der Waals surface area (Å²) in [4.78, 5) is 4.00. The number of hydrogen-bond acceptors (Lipinski definition) is 2. The van der Waals surface area contributed by atoms with Gasteiger partial charge in [0.25, 0.3) is 6.71 Å². The van der Waals surface area contributed by atoms with Gasteiger partial charge in [-0.05, 0) is 141 Å². The summed E-state index contributed by atoms with van der Waals surface area (Å²) < 4.78 is 202. The molecular formula is C96H62BN5. The van der Waals surface area contributed by atoms with Gasteiger partial charge in [0.05, 0.1) is 71.9 Å². The Labute approximate surface area is 619 Å². The van der Waals surface area contributed by atoms with Gasteiger partial charge < -0.3 is 23.5 Å². The number of anilines is 6. The summed E-state index contributed by atoms with van der Waals surface area (Å²) in [6, 6.07) is 69.8. The van der Waals surface area contributed by atoms with Crippen LogP contribution in [0.1, 0.15) is 27.4 Å². The smallest absolute Gasteiger partial charge is 0.252 e. The maximum atomic E-state index is 11.7. The third kappa shape index (κ3) is 8.79. The lowest BCUT2D eigenvalue weighted by Gasteiger charge is -2.46. The minimum atomic E-state index is -1.43. The van der Waals surface area contributed by atoms with Gasteiger partial charge >= 0.3 is 0 Å². The number of hydrogen-bond donors (Lipinski definition) is 0. The van der Waals surface area contributed by atoms with Gasteiger partial charge in [0, 0.05) is 94.4 Å². The van der Waals surface area contributed by atoms with Gasteiger partial charge in [0.1, 0.15) is 0 Å². The van der Waals surface area contributed by atoms with Crippen LogP contribution in [-0.4, -0.2) is 20.4 Å². The van der Waals surface area contributed by atoms with E-state index >= 15 is 0 Å². The molecule has 2 aliphatic heterocycles. The maximum absolute atomic E-state index is 11.7. The van der Waals surface area contributed by atoms with Crippen LogP contribution in [0.25, 0.3) is 138 Å². The molecule has 2 aliphatic rings. The van der Waals surface area contributed by atoms with Crippen molar-refractivity contribution in [2.24, 2.45) is 0 Å². The van der Waals surface area contributed by atoms with E-state index in [9.17, 15) is 21.9 Å². The van der Waals surface area contributed by atoms with Crippen molar-refractivity contribution in [3.8, 4) is 72.7 Å². The molecule has 0 fully saturated rings. The molecule has 0 N–H and O–H groups in total. The summed E-state index contributed by atoms with van der Waals surface area (Å²) in [5.41, 5.74) is 10.3. The third-order valence-corrected chi connectivity index (χ3v) is 20.1. The molecule has 474 valence electrons. The van der Waals surface area contributed by atoms with Crippen LogP contribution >= 0.6 is 0 Å². The van der Waals surface area contributed by atoms with E-state index in [1.54, 1.807) is 6.07 Å². The van der Waals surface area contributed by atoms with E-state index in [-0.39, 0.29) is 66.6 Å². The topological polar surface area (TPSA) is 21.3 Å². The first-order valence-corrected chi connectivity index (χ1v) is 33.6. The largest absolute Gasteiger partial charge is 0.310 e. The Balaban J connectivity index is 1.01. The van der Waals surface area contributed by atoms with E-state index in [1.165, 1.54) is 10.6 Å². The number of fused-ring (bicyclic) bond motifs is 13. The van der Waals surface area contributed by atoms with Crippen LogP contribution in [0.3, 0.4) is 0 Å². The zero-order chi connectivity index (χ0) is 84.3. The van der Waals surface area contributed by atoms with Gasteiger partial charge in [-0.1, -0.05) is 285 Å². The van der Waals surface area contributed by atoms with E-state index in [0.29, 0.717) is 72.7 Å². The molecule has 5 nitrogen and oxygen atoms in total. The molecule has 6 heteroatoms. The molecule has 0 unspecified atom stereocenters. The standard InChI is InChI=1S/C96H62BN5/c1-6-28-63(29-7-1)72-43-26-44-73(64-30-8-2-9-31-64)95(72)101-90-61-70(99-84-47-21-16-38-76(84)77-39-17-22-48-85(77)99)53-55-82(90)97-83-56-54-71(100-86-49-23-18-40-78(86)79-41-19-24-50-87(79)100)62-91(83)102(96-74(65-32-10-3-11-33-65)45-27-46-75(96)66-34-12-4-13-35-66)93-60-68(59-92(101)94(93)97)67-52-57-89-81(58-67)80-42-20-25-51-88(80)98(89)69-36-14-5-15-37-69/h1-62H/i16D,17D,18D,19D,21D,22D,23D,24D,38D,39D,40D,41D,47D,48D,49D,50D,53D,55D,56D,61D. The fraction of sp³-hybridized carbons (Fsp3) is 0. The normalized spacial score (nSPS) is 15.2. The highest BCUT2D eigenvalue weighted by Gasteiger charge is 2.46. The lowest BCUT2D eigenvalue weighted by Crippen LogP contribution is -2.61. The molecule has 0 aliphatic carbocycles. The Kier molecular flexibility index (Phi) is 9.31. The third-order valence-electron chi connectivity index (χ3n) is 20.1. The molecule has 0 radical (unpaired) electrons. The summed E-state index contributed by atoms with van der Waals surface area (Å²) in [6.45, 7) is -1.43. The van der Waals surface area contributed by atoms with Crippen LogP contribution in [0.4, 0.5) is 34.1 Å². The van der Waals surface area contributed by atoms with Crippen molar-refractivity contribution in [2.75, 3.05) is 9.80 Å². The highest BCUT2D eigenvalue weighted by molar-refractivity contribution is 7.00. The second-order valence-electron chi connectivity index (χ2n) is 25.5. The van der Waals surface area contributed by atoms with Crippen molar-refractivity contribution in [3.05, 3.63) is 376 Å². The van der Waals surface area contributed by atoms with E-state index in [2.05, 4.69) is 58.0 Å². The minimum absolute atomic E-state index is 0.0126. The van der Waals surface area contributed by atoms with Gasteiger partial charge in [0.15, 0.2) is 0 Å². The van der Waals surface area contributed by atoms with Gasteiger partial charge in [-0.25, -0.2) is 0 Å². The molecule has 0 bridgehead atoms. The quantitative estimate of drug-likeness (QED) is 0.127. The van der Waals surface area contributed by atoms with Gasteiger partial charge in [-0.15, -0.1) is 0 Å². The second kappa shape index (κ2) is 23.1. The number of nitrogens with zero attached hydrogens (tertiary/aromatic N) is 5. The SMILES string of the molecule is [2H]c1cc(-n2c3c([2H])c([2H])c([2H])c([2H])c3c3c([2H])c([2H])c([2H])c([2H])c32)cc2c1B1c3c(cc(-c4ccc5c(c4)c4ccccc4n5-c4ccccc4)cc3N(c3c(-c4ccccc4)cccc3-c3ccccc3)c3c([2H])c(-n4c5c([2H])c([2H])c([2H])c([2H])c5c5c([2H])c([2H])c([2H])c([2H])c54)c([2H])c([2H])c31)N2c1c(-c2ccccc2)cccc1-c1ccccc1. The fourth-order valence-electron chi connectivity index (χ4n) is 15.8. The van der Waals surface area contributed by atoms with Crippen LogP contribution in [0.5, 0.6) is 0 Å². The minimum Gasteiger partial charge on any atom is -0.310 e. The molecule has 0 spiro atoms. The summed E-state index contributed by atoms with van der Waals surface area (Å²) in [6.07, 6.45) is 0. The number of aromatic nitrogens is 3. The Hall–Kier alpha value is -13.4. The molecule has 0 amide bonds. The monoisotopic (exact) mass is 1320 g/mol. The summed E-state index contributed by atoms with van der Waals surface area (Å²) in [7, 11) is 0. The zero-order valence-corrected chi connectivity index (χ0v) is 54.1. The molecule has 19 aromatic rings. The number of rotatable bonds is 10. The van der Waals surface area contributed by atoms with Crippen molar-refractivity contribution in [1.82, 2.24) is 13.7 Å². The first-order chi connectivity index (χ1) is 59.0. The van der Waals surface area contributed by atoms with Crippen LogP contribution in [-0.2, 0) is 0 Å². The Morgan fingerprint density at radius 2 is 0.647 bits per heavy atom. The molecule has 102 heavy (non-hydrogen) atoms. The van der Waals surface area contributed by atoms with Gasteiger partial charge in [-0.3, -0.25) is 0 Å². The van der Waals surface area contributed by atoms with Crippen molar-refractivity contribution in [2.45, 2.75) is 0 Å². The predicted molar refractivity (Wildman–Crippen MR) is 431 cm³/mol. The van der Waals surface area contributed by atoms with Crippen LogP contribution in [0.2, 0.25) is 0 Å². The lowest BCUT2D eigenvalue weighted by atomic mass is 9.33. The van der Waals surface area contributed by atoms with E-state index < -0.39 is 138 Å². The molecule has 5 heterocycles. The first-order valence-electron chi connectivity index (χ1n) is 43.6. The predicted octanol–water partition coefficient (Wildman–Crippen LogP) is 23.4. The van der Waals surface area contributed by atoms with Crippen LogP contribution in [0, 0.1) is 0 Å². The van der Waals surface area contributed by atoms with Crippen LogP contribution in [0.15, 0.2) is 376 Å². The Morgan fingerprint density at radius 3 is 1.15 bits per heavy atom. The fourth-order valence-corrected chi connectivity index (χ4v) is 15.8. The van der Waals surface area contributed by atoms with Crippen molar-refractivity contribution in [3.63, 3.8) is 0 Å². The van der Waals surface area contributed by atoms with E-state index in [0.717, 1.165) is 43.2 Å². The molecule has 0 atom stereocenters. The Morgan fingerprint density at radius 1 is 0.235 bits per heavy atom. The van der Waals surface area contributed by atoms with Gasteiger partial charge in [-0.2, -0.15) is 0 Å². The van der Waals surface area contributed by atoms with Crippen molar-refractivity contribution < 1.29 is 27.4 Å². The molecule has 3 aromatic heterocycles. The molecule has 21 rings (SSSR count). The van der Waals surface area contributed by atoms with Crippen molar-refractivity contribution >= 4 is 123 Å². The van der Waals surface area contributed by atoms with Gasteiger partial charge in [0.2, 0.25) is 0 Å². The highest BCUT2D eigenvalue weighted by atomic mass is 15.2. The van der Waals surface area contributed by atoms with Crippen molar-refractivity contribution in [1.29, 1.82) is 0 Å². The zero-order valence-electron chi connectivity index (χ0n) is 74.1. The molecule has 0 saturated heterocycles. The molecule has 16 aromatic carbocycles. The molecule has 0 saturated carbocycles. The Bertz CT molecular complexity index is 7570. The summed E-state index contributed by atoms with van der Waals surface area (Å²) in [5, 5.41) is 0.764. The average molecular weight is 1320 g/mol. The maximum Gasteiger partial charge on any atom is 0.252 e. The van der Waals surface area contributed by atoms with E-state index in [4.69, 9.17) is 5.48 Å². The first kappa shape index (κ1) is 41.1. The molecular weight excluding hydrogens is 1230 g/mol. The average Bonchev–Trinajstić information content (AvgIpc) is 0.749. The van der Waals surface area contributed by atoms with E-state index in [1.807, 2.05) is 199 Å². The lowest BCUT2D eigenvalue weighted by molar-refractivity contribution is 1.17. The highest BCUT2D eigenvalue weighted by Crippen LogP contribution is 2.55. The van der Waals surface area contributed by atoms with Crippen LogP contribution < -0.4 is 26.2 Å². The number of benzene rings is 16. The summed E-state index contributed by atoms with van der Waals surface area (Å²) in [5.74, 6) is 0. The second-order valence-corrected chi connectivity index (χ2v) is 25.5. The summed E-state index contributed by atoms with van der Waals surface area (Å²) >= 11 is 0. The number of para-hydroxylation sites is 8.